The van der Waals surface area contributed by atoms with E-state index in [2.05, 4.69) is 83.1 Å². The first-order valence-electron chi connectivity index (χ1n) is 12.3. The molecule has 3 aromatic carbocycles. The molecule has 0 saturated carbocycles. The molecule has 0 spiro atoms. The standard InChI is InChI=1S/C31H38O2/c1-7-10-25-15-16-27(19-22(25)4)31(8-2,9-3)28-17-18-29(23(5)20-28)26-13-11-24(12-14-26)21-30(32)33-6/h11-20H,7-10,21H2,1-6H3. The molecule has 0 unspecified atom stereocenters. The first-order valence-corrected chi connectivity index (χ1v) is 12.3. The van der Waals surface area contributed by atoms with Gasteiger partial charge in [-0.1, -0.05) is 87.9 Å². The van der Waals surface area contributed by atoms with Crippen LogP contribution in [0.1, 0.15) is 73.4 Å². The number of hydrogen-bond acceptors (Lipinski definition) is 2. The van der Waals surface area contributed by atoms with E-state index in [0.29, 0.717) is 6.42 Å². The monoisotopic (exact) mass is 442 g/mol. The highest BCUT2D eigenvalue weighted by Crippen LogP contribution is 2.41. The van der Waals surface area contributed by atoms with Crippen LogP contribution in [-0.4, -0.2) is 13.1 Å². The zero-order valence-corrected chi connectivity index (χ0v) is 21.1. The predicted octanol–water partition coefficient (Wildman–Crippen LogP) is 7.74. The summed E-state index contributed by atoms with van der Waals surface area (Å²) in [5.74, 6) is -0.211. The molecule has 0 aliphatic carbocycles. The second-order valence-electron chi connectivity index (χ2n) is 9.16. The molecule has 0 atom stereocenters. The lowest BCUT2D eigenvalue weighted by Crippen LogP contribution is -2.26. The van der Waals surface area contributed by atoms with Crippen LogP contribution in [0.5, 0.6) is 0 Å². The average Bonchev–Trinajstić information content (AvgIpc) is 2.82. The van der Waals surface area contributed by atoms with Crippen molar-refractivity contribution in [2.24, 2.45) is 0 Å². The minimum Gasteiger partial charge on any atom is -0.469 e. The number of aryl methyl sites for hydroxylation is 3. The summed E-state index contributed by atoms with van der Waals surface area (Å²) in [5, 5.41) is 0. The maximum atomic E-state index is 11.5. The average molecular weight is 443 g/mol. The predicted molar refractivity (Wildman–Crippen MR) is 139 cm³/mol. The number of ether oxygens (including phenoxy) is 1. The molecule has 3 rings (SSSR count). The summed E-state index contributed by atoms with van der Waals surface area (Å²) in [4.78, 5) is 11.5. The number of methoxy groups -OCH3 is 1. The largest absolute Gasteiger partial charge is 0.469 e. The van der Waals surface area contributed by atoms with Crippen molar-refractivity contribution in [1.82, 2.24) is 0 Å². The van der Waals surface area contributed by atoms with Crippen LogP contribution < -0.4 is 0 Å². The first kappa shape index (κ1) is 24.8. The van der Waals surface area contributed by atoms with Gasteiger partial charge in [-0.15, -0.1) is 0 Å². The third kappa shape index (κ3) is 5.21. The molecule has 33 heavy (non-hydrogen) atoms. The Labute approximate surface area is 200 Å². The van der Waals surface area contributed by atoms with E-state index in [-0.39, 0.29) is 11.4 Å². The second-order valence-corrected chi connectivity index (χ2v) is 9.16. The Balaban J connectivity index is 1.96. The van der Waals surface area contributed by atoms with Gasteiger partial charge in [0.25, 0.3) is 0 Å². The summed E-state index contributed by atoms with van der Waals surface area (Å²) in [6.07, 6.45) is 4.76. The topological polar surface area (TPSA) is 26.3 Å². The maximum absolute atomic E-state index is 11.5. The lowest BCUT2D eigenvalue weighted by Gasteiger charge is -2.34. The molecule has 0 N–H and O–H groups in total. The molecule has 3 aromatic rings. The molecular weight excluding hydrogens is 404 g/mol. The van der Waals surface area contributed by atoms with Crippen LogP contribution >= 0.6 is 0 Å². The van der Waals surface area contributed by atoms with Crippen LogP contribution in [0.25, 0.3) is 11.1 Å². The molecule has 2 nitrogen and oxygen atoms in total. The Bertz CT molecular complexity index is 1090. The molecule has 2 heteroatoms. The van der Waals surface area contributed by atoms with Crippen molar-refractivity contribution in [3.8, 4) is 11.1 Å². The van der Waals surface area contributed by atoms with Gasteiger partial charge < -0.3 is 4.74 Å². The molecule has 0 saturated heterocycles. The fourth-order valence-corrected chi connectivity index (χ4v) is 5.10. The molecule has 174 valence electrons. The highest BCUT2D eigenvalue weighted by atomic mass is 16.5. The Hall–Kier alpha value is -2.87. The van der Waals surface area contributed by atoms with Gasteiger partial charge in [0.2, 0.25) is 0 Å². The van der Waals surface area contributed by atoms with Crippen molar-refractivity contribution in [2.75, 3.05) is 7.11 Å². The zero-order valence-electron chi connectivity index (χ0n) is 21.1. The molecule has 0 aliphatic heterocycles. The Morgan fingerprint density at radius 3 is 1.94 bits per heavy atom. The fourth-order valence-electron chi connectivity index (χ4n) is 5.10. The molecule has 0 fully saturated rings. The number of hydrogen-bond donors (Lipinski definition) is 0. The molecule has 0 aromatic heterocycles. The van der Waals surface area contributed by atoms with Crippen molar-refractivity contribution >= 4 is 5.97 Å². The lowest BCUT2D eigenvalue weighted by atomic mass is 9.69. The van der Waals surface area contributed by atoms with Gasteiger partial charge in [-0.3, -0.25) is 4.79 Å². The minimum atomic E-state index is -0.211. The normalized spacial score (nSPS) is 11.5. The van der Waals surface area contributed by atoms with E-state index in [1.165, 1.54) is 52.5 Å². The number of carbonyl (C=O) groups is 1. The Morgan fingerprint density at radius 1 is 0.818 bits per heavy atom. The summed E-state index contributed by atoms with van der Waals surface area (Å²) in [6, 6.07) is 22.3. The summed E-state index contributed by atoms with van der Waals surface area (Å²) in [5.41, 5.74) is 10.3. The van der Waals surface area contributed by atoms with Crippen LogP contribution in [-0.2, 0) is 27.8 Å². The van der Waals surface area contributed by atoms with Gasteiger partial charge in [-0.05, 0) is 77.6 Å². The SMILES string of the molecule is CCCc1ccc(C(CC)(CC)c2ccc(-c3ccc(CC(=O)OC)cc3)c(C)c2)cc1C. The summed E-state index contributed by atoms with van der Waals surface area (Å²) < 4.78 is 4.78. The second kappa shape index (κ2) is 10.8. The van der Waals surface area contributed by atoms with Crippen molar-refractivity contribution in [1.29, 1.82) is 0 Å². The molecule has 0 aliphatic rings. The number of carbonyl (C=O) groups excluding carboxylic acids is 1. The summed E-state index contributed by atoms with van der Waals surface area (Å²) in [7, 11) is 1.43. The molecular formula is C31H38O2. The van der Waals surface area contributed by atoms with Crippen LogP contribution in [0.4, 0.5) is 0 Å². The van der Waals surface area contributed by atoms with Crippen molar-refractivity contribution < 1.29 is 9.53 Å². The summed E-state index contributed by atoms with van der Waals surface area (Å²) >= 11 is 0. The van der Waals surface area contributed by atoms with E-state index >= 15 is 0 Å². The van der Waals surface area contributed by atoms with E-state index in [9.17, 15) is 4.79 Å². The van der Waals surface area contributed by atoms with Gasteiger partial charge in [-0.25, -0.2) is 0 Å². The van der Waals surface area contributed by atoms with Crippen molar-refractivity contribution in [3.05, 3.63) is 94.0 Å². The van der Waals surface area contributed by atoms with Gasteiger partial charge in [0.05, 0.1) is 13.5 Å². The fraction of sp³-hybridized carbons (Fsp3) is 0.387. The van der Waals surface area contributed by atoms with E-state index in [0.717, 1.165) is 24.8 Å². The zero-order chi connectivity index (χ0) is 24.0. The smallest absolute Gasteiger partial charge is 0.309 e. The van der Waals surface area contributed by atoms with E-state index < -0.39 is 0 Å². The van der Waals surface area contributed by atoms with E-state index in [1.54, 1.807) is 0 Å². The van der Waals surface area contributed by atoms with Crippen LogP contribution in [0.2, 0.25) is 0 Å². The quantitative estimate of drug-likeness (QED) is 0.317. The third-order valence-electron chi connectivity index (χ3n) is 7.24. The number of esters is 1. The Kier molecular flexibility index (Phi) is 8.13. The van der Waals surface area contributed by atoms with Gasteiger partial charge in [-0.2, -0.15) is 0 Å². The number of rotatable bonds is 9. The highest BCUT2D eigenvalue weighted by Gasteiger charge is 2.31. The number of benzene rings is 3. The van der Waals surface area contributed by atoms with Crippen molar-refractivity contribution in [3.63, 3.8) is 0 Å². The van der Waals surface area contributed by atoms with Crippen LogP contribution in [0.15, 0.2) is 60.7 Å². The van der Waals surface area contributed by atoms with Gasteiger partial charge >= 0.3 is 5.97 Å². The van der Waals surface area contributed by atoms with Gasteiger partial charge in [0.1, 0.15) is 0 Å². The van der Waals surface area contributed by atoms with Crippen LogP contribution in [0.3, 0.4) is 0 Å². The molecule has 0 bridgehead atoms. The highest BCUT2D eigenvalue weighted by molar-refractivity contribution is 5.73. The van der Waals surface area contributed by atoms with E-state index in [4.69, 9.17) is 4.74 Å². The maximum Gasteiger partial charge on any atom is 0.309 e. The Morgan fingerprint density at radius 2 is 1.42 bits per heavy atom. The lowest BCUT2D eigenvalue weighted by molar-refractivity contribution is -0.139. The van der Waals surface area contributed by atoms with Gasteiger partial charge in [0.15, 0.2) is 0 Å². The van der Waals surface area contributed by atoms with E-state index in [1.807, 2.05) is 12.1 Å². The van der Waals surface area contributed by atoms with Crippen LogP contribution in [0, 0.1) is 13.8 Å². The third-order valence-corrected chi connectivity index (χ3v) is 7.24. The van der Waals surface area contributed by atoms with Crippen molar-refractivity contribution in [2.45, 2.75) is 72.1 Å². The molecule has 0 radical (unpaired) electrons. The molecule has 0 heterocycles. The summed E-state index contributed by atoms with van der Waals surface area (Å²) in [6.45, 7) is 11.3. The first-order chi connectivity index (χ1) is 15.9. The minimum absolute atomic E-state index is 0.0170. The molecule has 0 amide bonds. The van der Waals surface area contributed by atoms with Gasteiger partial charge in [0, 0.05) is 5.41 Å².